The van der Waals surface area contributed by atoms with Crippen LogP contribution >= 0.6 is 46.3 Å². The third kappa shape index (κ3) is 4.06. The summed E-state index contributed by atoms with van der Waals surface area (Å²) in [6.07, 6.45) is 0. The van der Waals surface area contributed by atoms with E-state index in [0.717, 1.165) is 21.2 Å². The normalized spacial score (nSPS) is 10.7. The SMILES string of the molecule is COc1cccc(-c2nc(CSc3c(Cl)cccc3Cl)cs2)c1OC. The van der Waals surface area contributed by atoms with E-state index in [1.807, 2.05) is 41.8 Å². The molecule has 130 valence electrons. The van der Waals surface area contributed by atoms with Crippen molar-refractivity contribution in [2.45, 2.75) is 10.6 Å². The Hall–Kier alpha value is -1.40. The lowest BCUT2D eigenvalue weighted by molar-refractivity contribution is 0.356. The largest absolute Gasteiger partial charge is 0.493 e. The van der Waals surface area contributed by atoms with Gasteiger partial charge in [-0.15, -0.1) is 23.1 Å². The number of benzene rings is 2. The fraction of sp³-hybridized carbons (Fsp3) is 0.167. The van der Waals surface area contributed by atoms with Crippen LogP contribution in [-0.2, 0) is 5.75 Å². The quantitative estimate of drug-likeness (QED) is 0.437. The molecule has 1 heterocycles. The van der Waals surface area contributed by atoms with Gasteiger partial charge >= 0.3 is 0 Å². The van der Waals surface area contributed by atoms with Crippen molar-refractivity contribution in [2.24, 2.45) is 0 Å². The Morgan fingerprint density at radius 1 is 1.04 bits per heavy atom. The molecule has 0 saturated carbocycles. The molecule has 0 bridgehead atoms. The van der Waals surface area contributed by atoms with Crippen LogP contribution in [0.2, 0.25) is 10.0 Å². The molecule has 7 heteroatoms. The Labute approximate surface area is 164 Å². The number of ether oxygens (including phenoxy) is 2. The van der Waals surface area contributed by atoms with Crippen LogP contribution in [0, 0.1) is 0 Å². The van der Waals surface area contributed by atoms with Gasteiger partial charge in [-0.25, -0.2) is 4.98 Å². The molecule has 2 aromatic carbocycles. The summed E-state index contributed by atoms with van der Waals surface area (Å²) in [4.78, 5) is 5.59. The summed E-state index contributed by atoms with van der Waals surface area (Å²) in [7, 11) is 3.25. The highest BCUT2D eigenvalue weighted by Gasteiger charge is 2.15. The molecule has 0 atom stereocenters. The fourth-order valence-corrected chi connectivity index (χ4v) is 4.84. The predicted molar refractivity (Wildman–Crippen MR) is 107 cm³/mol. The zero-order valence-electron chi connectivity index (χ0n) is 13.6. The Morgan fingerprint density at radius 2 is 1.76 bits per heavy atom. The van der Waals surface area contributed by atoms with Crippen LogP contribution in [0.4, 0.5) is 0 Å². The highest BCUT2D eigenvalue weighted by molar-refractivity contribution is 7.98. The van der Waals surface area contributed by atoms with Crippen LogP contribution < -0.4 is 9.47 Å². The summed E-state index contributed by atoms with van der Waals surface area (Å²) in [5.74, 6) is 2.06. The van der Waals surface area contributed by atoms with E-state index in [4.69, 9.17) is 37.7 Å². The van der Waals surface area contributed by atoms with E-state index in [2.05, 4.69) is 0 Å². The Bertz CT molecular complexity index is 863. The first-order chi connectivity index (χ1) is 12.1. The van der Waals surface area contributed by atoms with Crippen molar-refractivity contribution in [2.75, 3.05) is 14.2 Å². The van der Waals surface area contributed by atoms with Crippen molar-refractivity contribution >= 4 is 46.3 Å². The summed E-state index contributed by atoms with van der Waals surface area (Å²) >= 11 is 15.6. The minimum absolute atomic E-state index is 0.655. The zero-order chi connectivity index (χ0) is 17.8. The molecule has 0 aliphatic heterocycles. The van der Waals surface area contributed by atoms with Crippen molar-refractivity contribution in [3.63, 3.8) is 0 Å². The molecule has 3 nitrogen and oxygen atoms in total. The smallest absolute Gasteiger partial charge is 0.170 e. The molecule has 0 N–H and O–H groups in total. The van der Waals surface area contributed by atoms with Crippen LogP contribution in [0.25, 0.3) is 10.6 Å². The van der Waals surface area contributed by atoms with Gasteiger partial charge in [-0.2, -0.15) is 0 Å². The number of para-hydroxylation sites is 1. The lowest BCUT2D eigenvalue weighted by atomic mass is 10.2. The van der Waals surface area contributed by atoms with Crippen molar-refractivity contribution in [1.82, 2.24) is 4.98 Å². The lowest BCUT2D eigenvalue weighted by Gasteiger charge is -2.10. The number of rotatable bonds is 6. The zero-order valence-corrected chi connectivity index (χ0v) is 16.7. The van der Waals surface area contributed by atoms with Crippen molar-refractivity contribution in [1.29, 1.82) is 0 Å². The van der Waals surface area contributed by atoms with Gasteiger partial charge in [0, 0.05) is 16.0 Å². The summed E-state index contributed by atoms with van der Waals surface area (Å²) < 4.78 is 10.8. The monoisotopic (exact) mass is 411 g/mol. The molecule has 0 spiro atoms. The topological polar surface area (TPSA) is 31.4 Å². The molecule has 0 radical (unpaired) electrons. The first-order valence-corrected chi connectivity index (χ1v) is 9.98. The molecule has 0 amide bonds. The molecule has 25 heavy (non-hydrogen) atoms. The molecule has 0 fully saturated rings. The molecular weight excluding hydrogens is 397 g/mol. The first kappa shape index (κ1) is 18.4. The number of halogens is 2. The van der Waals surface area contributed by atoms with Gasteiger partial charge in [0.15, 0.2) is 11.5 Å². The van der Waals surface area contributed by atoms with E-state index in [9.17, 15) is 0 Å². The number of nitrogens with zero attached hydrogens (tertiary/aromatic N) is 1. The second-order valence-corrected chi connectivity index (χ2v) is 7.68. The minimum Gasteiger partial charge on any atom is -0.493 e. The Morgan fingerprint density at radius 3 is 2.44 bits per heavy atom. The summed E-state index contributed by atoms with van der Waals surface area (Å²) in [5, 5.41) is 4.23. The predicted octanol–water partition coefficient (Wildman–Crippen LogP) is 6.43. The van der Waals surface area contributed by atoms with Gasteiger partial charge in [-0.05, 0) is 24.3 Å². The van der Waals surface area contributed by atoms with Crippen LogP contribution in [0.5, 0.6) is 11.5 Å². The van der Waals surface area contributed by atoms with Gasteiger partial charge < -0.3 is 9.47 Å². The number of thiazole rings is 1. The second kappa shape index (κ2) is 8.32. The Kier molecular flexibility index (Phi) is 6.12. The van der Waals surface area contributed by atoms with Gasteiger partial charge in [0.05, 0.1) is 35.5 Å². The third-order valence-electron chi connectivity index (χ3n) is 3.47. The maximum absolute atomic E-state index is 6.22. The van der Waals surface area contributed by atoms with E-state index >= 15 is 0 Å². The average Bonchev–Trinajstić information content (AvgIpc) is 3.09. The van der Waals surface area contributed by atoms with Gasteiger partial charge in [-0.1, -0.05) is 35.3 Å². The fourth-order valence-electron chi connectivity index (χ4n) is 2.32. The third-order valence-corrected chi connectivity index (χ3v) is 6.42. The van der Waals surface area contributed by atoms with Gasteiger partial charge in [0.2, 0.25) is 0 Å². The average molecular weight is 412 g/mol. The summed E-state index contributed by atoms with van der Waals surface area (Å²) in [5.41, 5.74) is 1.88. The second-order valence-electron chi connectivity index (χ2n) is 5.02. The molecule has 0 aliphatic rings. The van der Waals surface area contributed by atoms with Gasteiger partial charge in [0.1, 0.15) is 5.01 Å². The van der Waals surface area contributed by atoms with Gasteiger partial charge in [0.25, 0.3) is 0 Å². The number of aromatic nitrogens is 1. The minimum atomic E-state index is 0.655. The lowest BCUT2D eigenvalue weighted by Crippen LogP contribution is -1.93. The summed E-state index contributed by atoms with van der Waals surface area (Å²) in [6.45, 7) is 0. The first-order valence-electron chi connectivity index (χ1n) is 7.36. The van der Waals surface area contributed by atoms with Gasteiger partial charge in [-0.3, -0.25) is 0 Å². The molecule has 3 rings (SSSR count). The highest BCUT2D eigenvalue weighted by atomic mass is 35.5. The van der Waals surface area contributed by atoms with Crippen LogP contribution in [0.1, 0.15) is 5.69 Å². The molecule has 1 aromatic heterocycles. The summed E-state index contributed by atoms with van der Waals surface area (Å²) in [6, 6.07) is 11.3. The van der Waals surface area contributed by atoms with E-state index < -0.39 is 0 Å². The van der Waals surface area contributed by atoms with Crippen molar-refractivity contribution < 1.29 is 9.47 Å². The Balaban J connectivity index is 1.82. The maximum atomic E-state index is 6.22. The van der Waals surface area contributed by atoms with E-state index in [1.54, 1.807) is 37.3 Å². The van der Waals surface area contributed by atoms with Crippen LogP contribution in [0.15, 0.2) is 46.7 Å². The highest BCUT2D eigenvalue weighted by Crippen LogP contribution is 2.40. The molecule has 0 saturated heterocycles. The standard InChI is InChI=1S/C18H15Cl2NO2S2/c1-22-15-8-3-5-12(16(15)23-2)18-21-11(10-25-18)9-24-17-13(19)6-4-7-14(17)20/h3-8,10H,9H2,1-2H3. The number of hydrogen-bond donors (Lipinski definition) is 0. The van der Waals surface area contributed by atoms with Crippen molar-refractivity contribution in [3.05, 3.63) is 57.5 Å². The van der Waals surface area contributed by atoms with Crippen LogP contribution in [0.3, 0.4) is 0 Å². The molecular formula is C18H15Cl2NO2S2. The van der Waals surface area contributed by atoms with E-state index in [-0.39, 0.29) is 0 Å². The molecule has 0 unspecified atom stereocenters. The number of thioether (sulfide) groups is 1. The number of hydrogen-bond acceptors (Lipinski definition) is 5. The molecule has 0 aliphatic carbocycles. The van der Waals surface area contributed by atoms with E-state index in [1.165, 1.54) is 0 Å². The maximum Gasteiger partial charge on any atom is 0.170 e. The van der Waals surface area contributed by atoms with Crippen molar-refractivity contribution in [3.8, 4) is 22.1 Å². The molecule has 3 aromatic rings. The van der Waals surface area contributed by atoms with E-state index in [0.29, 0.717) is 27.3 Å². The van der Waals surface area contributed by atoms with Crippen LogP contribution in [-0.4, -0.2) is 19.2 Å². The number of methoxy groups -OCH3 is 2.